The van der Waals surface area contributed by atoms with Gasteiger partial charge in [-0.05, 0) is 42.0 Å². The Morgan fingerprint density at radius 3 is 2.59 bits per heavy atom. The fourth-order valence-corrected chi connectivity index (χ4v) is 2.63. The van der Waals surface area contributed by atoms with Crippen LogP contribution in [0, 0.1) is 5.92 Å². The molecule has 1 aliphatic rings. The molecule has 4 nitrogen and oxygen atoms in total. The zero-order chi connectivity index (χ0) is 16.2. The second-order valence-corrected chi connectivity index (χ2v) is 7.21. The summed E-state index contributed by atoms with van der Waals surface area (Å²) in [4.78, 5) is 12.0. The van der Waals surface area contributed by atoms with Crippen molar-refractivity contribution in [3.63, 3.8) is 0 Å². The van der Waals surface area contributed by atoms with Crippen LogP contribution in [0.15, 0.2) is 24.3 Å². The summed E-state index contributed by atoms with van der Waals surface area (Å²) in [6.07, 6.45) is 1.10. The van der Waals surface area contributed by atoms with Gasteiger partial charge in [-0.3, -0.25) is 4.79 Å². The molecule has 22 heavy (non-hydrogen) atoms. The van der Waals surface area contributed by atoms with Gasteiger partial charge in [0.1, 0.15) is 5.75 Å². The molecule has 1 amide bonds. The quantitative estimate of drug-likeness (QED) is 0.898. The van der Waals surface area contributed by atoms with Crippen molar-refractivity contribution in [2.24, 2.45) is 5.92 Å². The maximum absolute atomic E-state index is 12.0. The van der Waals surface area contributed by atoms with Crippen molar-refractivity contribution in [3.8, 4) is 5.75 Å². The van der Waals surface area contributed by atoms with E-state index >= 15 is 0 Å². The van der Waals surface area contributed by atoms with Crippen molar-refractivity contribution in [2.75, 3.05) is 19.7 Å². The monoisotopic (exact) mass is 304 g/mol. The van der Waals surface area contributed by atoms with Crippen molar-refractivity contribution in [1.29, 1.82) is 0 Å². The van der Waals surface area contributed by atoms with Gasteiger partial charge in [-0.2, -0.15) is 0 Å². The Balaban J connectivity index is 1.81. The number of hydrogen-bond donors (Lipinski definition) is 2. The van der Waals surface area contributed by atoms with Crippen LogP contribution in [-0.4, -0.2) is 31.6 Å². The van der Waals surface area contributed by atoms with E-state index in [4.69, 9.17) is 4.74 Å². The van der Waals surface area contributed by atoms with Gasteiger partial charge < -0.3 is 15.4 Å². The SMILES string of the molecule is CC1CCNCC1NC(=O)COc1ccc(C(C)(C)C)cc1. The second-order valence-electron chi connectivity index (χ2n) is 7.21. The fraction of sp³-hybridized carbons (Fsp3) is 0.611. The highest BCUT2D eigenvalue weighted by Gasteiger charge is 2.22. The van der Waals surface area contributed by atoms with E-state index in [9.17, 15) is 4.79 Å². The van der Waals surface area contributed by atoms with E-state index < -0.39 is 0 Å². The molecule has 2 unspecified atom stereocenters. The van der Waals surface area contributed by atoms with E-state index in [0.717, 1.165) is 25.3 Å². The van der Waals surface area contributed by atoms with Crippen LogP contribution in [-0.2, 0) is 10.2 Å². The summed E-state index contributed by atoms with van der Waals surface area (Å²) in [5.74, 6) is 1.19. The fourth-order valence-electron chi connectivity index (χ4n) is 2.63. The summed E-state index contributed by atoms with van der Waals surface area (Å²) < 4.78 is 5.58. The topological polar surface area (TPSA) is 50.4 Å². The van der Waals surface area contributed by atoms with Gasteiger partial charge in [0, 0.05) is 12.6 Å². The molecule has 1 fully saturated rings. The average molecular weight is 304 g/mol. The number of ether oxygens (including phenoxy) is 1. The molecule has 0 saturated carbocycles. The van der Waals surface area contributed by atoms with Gasteiger partial charge in [0.05, 0.1) is 0 Å². The molecule has 1 aromatic rings. The minimum atomic E-state index is -0.0551. The van der Waals surface area contributed by atoms with Crippen molar-refractivity contribution in [2.45, 2.75) is 45.6 Å². The highest BCUT2D eigenvalue weighted by molar-refractivity contribution is 5.77. The van der Waals surface area contributed by atoms with Gasteiger partial charge in [-0.25, -0.2) is 0 Å². The Morgan fingerprint density at radius 2 is 2.00 bits per heavy atom. The minimum absolute atomic E-state index is 0.0551. The molecule has 1 aliphatic heterocycles. The van der Waals surface area contributed by atoms with E-state index in [1.54, 1.807) is 0 Å². The maximum atomic E-state index is 12.0. The van der Waals surface area contributed by atoms with E-state index in [0.29, 0.717) is 5.92 Å². The first kappa shape index (κ1) is 16.8. The van der Waals surface area contributed by atoms with Crippen LogP contribution in [0.5, 0.6) is 5.75 Å². The first-order valence-electron chi connectivity index (χ1n) is 8.09. The maximum Gasteiger partial charge on any atom is 0.258 e. The van der Waals surface area contributed by atoms with Crippen LogP contribution >= 0.6 is 0 Å². The van der Waals surface area contributed by atoms with Crippen molar-refractivity contribution in [1.82, 2.24) is 10.6 Å². The first-order valence-corrected chi connectivity index (χ1v) is 8.09. The number of rotatable bonds is 4. The molecule has 0 aliphatic carbocycles. The number of carbonyl (C=O) groups excluding carboxylic acids is 1. The minimum Gasteiger partial charge on any atom is -0.484 e. The van der Waals surface area contributed by atoms with Crippen LogP contribution in [0.3, 0.4) is 0 Å². The predicted molar refractivity (Wildman–Crippen MR) is 89.2 cm³/mol. The standard InChI is InChI=1S/C18H28N2O2/c1-13-9-10-19-11-16(13)20-17(21)12-22-15-7-5-14(6-8-15)18(2,3)4/h5-8,13,16,19H,9-12H2,1-4H3,(H,20,21). The summed E-state index contributed by atoms with van der Waals surface area (Å²) in [5.41, 5.74) is 1.38. The molecule has 1 saturated heterocycles. The molecule has 4 heteroatoms. The lowest BCUT2D eigenvalue weighted by Crippen LogP contribution is -2.51. The normalized spacial score (nSPS) is 22.2. The van der Waals surface area contributed by atoms with Gasteiger partial charge in [-0.15, -0.1) is 0 Å². The molecule has 122 valence electrons. The van der Waals surface area contributed by atoms with Gasteiger partial charge in [0.15, 0.2) is 6.61 Å². The van der Waals surface area contributed by atoms with Gasteiger partial charge in [-0.1, -0.05) is 39.8 Å². The Bertz CT molecular complexity index is 491. The molecule has 2 N–H and O–H groups in total. The zero-order valence-corrected chi connectivity index (χ0v) is 14.1. The van der Waals surface area contributed by atoms with Crippen LogP contribution < -0.4 is 15.4 Å². The molecule has 2 atom stereocenters. The largest absolute Gasteiger partial charge is 0.484 e. The lowest BCUT2D eigenvalue weighted by atomic mass is 9.87. The van der Waals surface area contributed by atoms with E-state index in [1.165, 1.54) is 5.56 Å². The number of piperidine rings is 1. The number of amides is 1. The molecular formula is C18H28N2O2. The lowest BCUT2D eigenvalue weighted by Gasteiger charge is -2.30. The third kappa shape index (κ3) is 4.73. The smallest absolute Gasteiger partial charge is 0.258 e. The van der Waals surface area contributed by atoms with Gasteiger partial charge in [0.2, 0.25) is 0 Å². The highest BCUT2D eigenvalue weighted by Crippen LogP contribution is 2.24. The summed E-state index contributed by atoms with van der Waals surface area (Å²) in [6, 6.07) is 8.17. The summed E-state index contributed by atoms with van der Waals surface area (Å²) in [7, 11) is 0. The number of benzene rings is 1. The summed E-state index contributed by atoms with van der Waals surface area (Å²) in [6.45, 7) is 10.6. The van der Waals surface area contributed by atoms with Crippen LogP contribution in [0.4, 0.5) is 0 Å². The third-order valence-electron chi connectivity index (χ3n) is 4.26. The number of carbonyl (C=O) groups is 1. The van der Waals surface area contributed by atoms with E-state index in [1.807, 2.05) is 12.1 Å². The third-order valence-corrected chi connectivity index (χ3v) is 4.26. The average Bonchev–Trinajstić information content (AvgIpc) is 2.47. The lowest BCUT2D eigenvalue weighted by molar-refractivity contribution is -0.124. The molecular weight excluding hydrogens is 276 g/mol. The molecule has 1 aromatic carbocycles. The molecule has 0 spiro atoms. The second kappa shape index (κ2) is 7.14. The summed E-state index contributed by atoms with van der Waals surface area (Å²) in [5, 5.41) is 6.36. The Labute approximate surface area is 133 Å². The Kier molecular flexibility index (Phi) is 5.46. The van der Waals surface area contributed by atoms with E-state index in [2.05, 4.69) is 50.5 Å². The van der Waals surface area contributed by atoms with E-state index in [-0.39, 0.29) is 24.0 Å². The molecule has 0 radical (unpaired) electrons. The Hall–Kier alpha value is -1.55. The van der Waals surface area contributed by atoms with Crippen molar-refractivity contribution in [3.05, 3.63) is 29.8 Å². The van der Waals surface area contributed by atoms with Gasteiger partial charge >= 0.3 is 0 Å². The molecule has 0 bridgehead atoms. The molecule has 0 aromatic heterocycles. The van der Waals surface area contributed by atoms with Gasteiger partial charge in [0.25, 0.3) is 5.91 Å². The Morgan fingerprint density at radius 1 is 1.32 bits per heavy atom. The molecule has 2 rings (SSSR count). The van der Waals surface area contributed by atoms with Crippen molar-refractivity contribution < 1.29 is 9.53 Å². The first-order chi connectivity index (χ1) is 10.4. The molecule has 1 heterocycles. The van der Waals surface area contributed by atoms with Crippen LogP contribution in [0.2, 0.25) is 0 Å². The number of nitrogens with one attached hydrogen (secondary N) is 2. The highest BCUT2D eigenvalue weighted by atomic mass is 16.5. The predicted octanol–water partition coefficient (Wildman–Crippen LogP) is 2.48. The van der Waals surface area contributed by atoms with Crippen LogP contribution in [0.25, 0.3) is 0 Å². The zero-order valence-electron chi connectivity index (χ0n) is 14.1. The number of hydrogen-bond acceptors (Lipinski definition) is 3. The van der Waals surface area contributed by atoms with Crippen molar-refractivity contribution >= 4 is 5.91 Å². The van der Waals surface area contributed by atoms with Crippen LogP contribution in [0.1, 0.15) is 39.7 Å². The summed E-state index contributed by atoms with van der Waals surface area (Å²) >= 11 is 0.